The number of hydrogen-bond acceptors (Lipinski definition) is 1. The zero-order valence-corrected chi connectivity index (χ0v) is 12.4. The molecule has 1 nitrogen and oxygen atoms in total. The minimum atomic E-state index is 0.836. The molecule has 0 radical (unpaired) electrons. The molecular weight excluding hydrogens is 370 g/mol. The van der Waals surface area contributed by atoms with Crippen molar-refractivity contribution in [3.8, 4) is 16.9 Å². The number of methoxy groups -OCH3 is 1. The molecular formula is C14H11INiO. The molecule has 0 saturated carbocycles. The van der Waals surface area contributed by atoms with E-state index in [1.165, 1.54) is 9.13 Å². The van der Waals surface area contributed by atoms with Gasteiger partial charge in [0.1, 0.15) is 0 Å². The van der Waals surface area contributed by atoms with Gasteiger partial charge in [0.15, 0.2) is 0 Å². The first-order valence-electron chi connectivity index (χ1n) is 5.08. The van der Waals surface area contributed by atoms with E-state index in [0.717, 1.165) is 16.9 Å². The Hall–Kier alpha value is -0.666. The van der Waals surface area contributed by atoms with Crippen LogP contribution in [0.25, 0.3) is 11.1 Å². The second-order valence-electron chi connectivity index (χ2n) is 3.55. The molecule has 0 aliphatic heterocycles. The van der Waals surface area contributed by atoms with Crippen molar-refractivity contribution in [1.29, 1.82) is 0 Å². The molecule has 0 aromatic heterocycles. The average molecular weight is 381 g/mol. The summed E-state index contributed by atoms with van der Waals surface area (Å²) in [6.45, 7) is 0. The number of rotatable bonds is 3. The predicted molar refractivity (Wildman–Crippen MR) is 76.3 cm³/mol. The summed E-state index contributed by atoms with van der Waals surface area (Å²) in [4.78, 5) is 1.73. The van der Waals surface area contributed by atoms with Gasteiger partial charge < -0.3 is 0 Å². The van der Waals surface area contributed by atoms with E-state index in [0.29, 0.717) is 0 Å². The normalized spacial score (nSPS) is 10.1. The van der Waals surface area contributed by atoms with Crippen LogP contribution in [-0.4, -0.2) is 12.1 Å². The van der Waals surface area contributed by atoms with Crippen molar-refractivity contribution in [2.75, 3.05) is 7.11 Å². The number of benzene rings is 2. The van der Waals surface area contributed by atoms with E-state index in [9.17, 15) is 0 Å². The van der Waals surface area contributed by atoms with E-state index >= 15 is 0 Å². The van der Waals surface area contributed by atoms with Gasteiger partial charge in [-0.3, -0.25) is 0 Å². The molecule has 17 heavy (non-hydrogen) atoms. The number of ether oxygens (including phenoxy) is 1. The van der Waals surface area contributed by atoms with Crippen molar-refractivity contribution in [3.63, 3.8) is 0 Å². The van der Waals surface area contributed by atoms with Crippen LogP contribution >= 0.6 is 22.6 Å². The van der Waals surface area contributed by atoms with E-state index in [2.05, 4.69) is 52.9 Å². The molecule has 0 N–H and O–H groups in total. The summed E-state index contributed by atoms with van der Waals surface area (Å²) in [6, 6.07) is 14.4. The van der Waals surface area contributed by atoms with Crippen molar-refractivity contribution in [3.05, 3.63) is 51.6 Å². The molecule has 0 aliphatic carbocycles. The molecule has 2 aromatic carbocycles. The maximum absolute atomic E-state index is 5.21. The number of halogens is 1. The third-order valence-corrected chi connectivity index (χ3v) is 3.47. The molecule has 0 heterocycles. The second kappa shape index (κ2) is 5.79. The summed E-state index contributed by atoms with van der Waals surface area (Å²) in [7, 11) is 1.66. The van der Waals surface area contributed by atoms with Gasteiger partial charge in [0.25, 0.3) is 0 Å². The fourth-order valence-corrected chi connectivity index (χ4v) is 2.44. The first-order chi connectivity index (χ1) is 8.24. The summed E-state index contributed by atoms with van der Waals surface area (Å²) in [5.41, 5.74) is 3.37. The molecule has 3 heteroatoms. The van der Waals surface area contributed by atoms with Gasteiger partial charge in [-0.1, -0.05) is 0 Å². The molecule has 2 rings (SSSR count). The van der Waals surface area contributed by atoms with Crippen LogP contribution in [0.3, 0.4) is 0 Å². The zero-order valence-electron chi connectivity index (χ0n) is 9.22. The van der Waals surface area contributed by atoms with E-state index in [1.807, 2.05) is 12.1 Å². The van der Waals surface area contributed by atoms with Gasteiger partial charge in [-0.15, -0.1) is 0 Å². The standard InChI is InChI=1S/C14H11IO.Ni/c1-10-8-13(16-2)6-7-14(10)11-4-3-5-12(15)9-11;/h1,3-9H,2H3;. The molecule has 2 aromatic rings. The van der Waals surface area contributed by atoms with Crippen LogP contribution in [0.15, 0.2) is 42.5 Å². The Balaban J connectivity index is 2.55. The average Bonchev–Trinajstić information content (AvgIpc) is 2.38. The van der Waals surface area contributed by atoms with Crippen LogP contribution in [0.1, 0.15) is 5.56 Å². The first-order valence-corrected chi connectivity index (χ1v) is 6.73. The van der Waals surface area contributed by atoms with E-state index in [4.69, 9.17) is 19.8 Å². The van der Waals surface area contributed by atoms with Crippen molar-refractivity contribution in [2.24, 2.45) is 0 Å². The Morgan fingerprint density at radius 3 is 2.65 bits per heavy atom. The summed E-state index contributed by atoms with van der Waals surface area (Å²) in [5, 5.41) is 0. The third-order valence-electron chi connectivity index (χ3n) is 2.49. The zero-order chi connectivity index (χ0) is 12.3. The van der Waals surface area contributed by atoms with Crippen LogP contribution in [0.4, 0.5) is 0 Å². The minimum absolute atomic E-state index is 0.836. The summed E-state index contributed by atoms with van der Waals surface area (Å²) in [6.07, 6.45) is 0. The van der Waals surface area contributed by atoms with Crippen LogP contribution < -0.4 is 4.74 Å². The SMILES string of the molecule is COc1ccc(-c2cccc(I)c2)c([CH]=[Ni])c1. The molecule has 0 bridgehead atoms. The first kappa shape index (κ1) is 12.8. The topological polar surface area (TPSA) is 9.23 Å². The molecule has 0 spiro atoms. The summed E-state index contributed by atoms with van der Waals surface area (Å²) < 4.78 is 6.43. The van der Waals surface area contributed by atoms with Crippen molar-refractivity contribution in [2.45, 2.75) is 0 Å². The van der Waals surface area contributed by atoms with Crippen LogP contribution in [-0.2, 0) is 15.0 Å². The monoisotopic (exact) mass is 380 g/mol. The van der Waals surface area contributed by atoms with E-state index in [1.54, 1.807) is 12.1 Å². The van der Waals surface area contributed by atoms with Gasteiger partial charge in [0.05, 0.1) is 0 Å². The molecule has 0 atom stereocenters. The van der Waals surface area contributed by atoms with Crippen LogP contribution in [0.2, 0.25) is 0 Å². The third kappa shape index (κ3) is 2.96. The van der Waals surface area contributed by atoms with Crippen LogP contribution in [0.5, 0.6) is 5.75 Å². The summed E-state index contributed by atoms with van der Waals surface area (Å²) in [5.74, 6) is 0.836. The molecule has 90 valence electrons. The van der Waals surface area contributed by atoms with Gasteiger partial charge in [-0.25, -0.2) is 0 Å². The van der Waals surface area contributed by atoms with Crippen molar-refractivity contribution >= 4 is 27.6 Å². The quantitative estimate of drug-likeness (QED) is 0.583. The fourth-order valence-electron chi connectivity index (χ4n) is 1.66. The van der Waals surface area contributed by atoms with Crippen LogP contribution in [0, 0.1) is 3.57 Å². The molecule has 0 amide bonds. The number of hydrogen-bond donors (Lipinski definition) is 0. The Labute approximate surface area is 122 Å². The second-order valence-corrected chi connectivity index (χ2v) is 5.09. The van der Waals surface area contributed by atoms with Gasteiger partial charge in [-0.2, -0.15) is 0 Å². The summed E-state index contributed by atoms with van der Waals surface area (Å²) >= 11 is 7.07. The Bertz CT molecular complexity index is 552. The Morgan fingerprint density at radius 1 is 1.18 bits per heavy atom. The molecule has 0 fully saturated rings. The Kier molecular flexibility index (Phi) is 4.35. The Morgan fingerprint density at radius 2 is 2.00 bits per heavy atom. The van der Waals surface area contributed by atoms with E-state index in [-0.39, 0.29) is 0 Å². The van der Waals surface area contributed by atoms with Gasteiger partial charge in [0.2, 0.25) is 0 Å². The van der Waals surface area contributed by atoms with Crippen molar-refractivity contribution < 1.29 is 19.8 Å². The maximum atomic E-state index is 5.21. The van der Waals surface area contributed by atoms with Gasteiger partial charge >= 0.3 is 123 Å². The van der Waals surface area contributed by atoms with Gasteiger partial charge in [-0.05, 0) is 0 Å². The molecule has 0 saturated heterocycles. The van der Waals surface area contributed by atoms with Gasteiger partial charge in [0, 0.05) is 0 Å². The predicted octanol–water partition coefficient (Wildman–Crippen LogP) is 3.66. The molecule has 0 unspecified atom stereocenters. The fraction of sp³-hybridized carbons (Fsp3) is 0.0714. The molecule has 0 aliphatic rings. The van der Waals surface area contributed by atoms with Crippen molar-refractivity contribution in [1.82, 2.24) is 0 Å². The van der Waals surface area contributed by atoms with E-state index < -0.39 is 0 Å².